The van der Waals surface area contributed by atoms with E-state index in [0.717, 1.165) is 35.5 Å². The van der Waals surface area contributed by atoms with E-state index in [9.17, 15) is 4.79 Å². The van der Waals surface area contributed by atoms with Crippen molar-refractivity contribution >= 4 is 46.4 Å². The maximum Gasteiger partial charge on any atom is 0.259 e. The number of aryl methyl sites for hydroxylation is 2. The minimum atomic E-state index is -0.294. The van der Waals surface area contributed by atoms with Crippen LogP contribution in [0.3, 0.4) is 0 Å². The molecule has 0 aromatic carbocycles. The van der Waals surface area contributed by atoms with Gasteiger partial charge in [0.05, 0.1) is 24.6 Å². The number of nitrogens with zero attached hydrogens (tertiary/aromatic N) is 3. The van der Waals surface area contributed by atoms with Crippen molar-refractivity contribution in [1.29, 1.82) is 0 Å². The molecule has 0 saturated carbocycles. The molecule has 3 heterocycles. The fraction of sp³-hybridized carbons (Fsp3) is 0.300. The number of anilines is 1. The first kappa shape index (κ1) is 22.4. The maximum absolute atomic E-state index is 13.1. The predicted octanol–water partition coefficient (Wildman–Crippen LogP) is 4.06. The van der Waals surface area contributed by atoms with Gasteiger partial charge in [0.15, 0.2) is 5.13 Å². The molecule has 0 saturated heterocycles. The lowest BCUT2D eigenvalue weighted by atomic mass is 9.99. The van der Waals surface area contributed by atoms with Crippen LogP contribution in [-0.4, -0.2) is 34.0 Å². The van der Waals surface area contributed by atoms with E-state index in [4.69, 9.17) is 22.1 Å². The van der Waals surface area contributed by atoms with Crippen molar-refractivity contribution in [2.45, 2.75) is 32.2 Å². The molecule has 4 rings (SSSR count). The van der Waals surface area contributed by atoms with Crippen molar-refractivity contribution in [2.75, 3.05) is 12.4 Å². The van der Waals surface area contributed by atoms with Crippen LogP contribution in [0.2, 0.25) is 5.15 Å². The fourth-order valence-corrected chi connectivity index (χ4v) is 4.63. The molecule has 1 aliphatic rings. The molecule has 3 N–H and O–H groups in total. The molecule has 1 atom stereocenters. The summed E-state index contributed by atoms with van der Waals surface area (Å²) in [5, 5.41) is 3.79. The topological polar surface area (TPSA) is 103 Å². The molecular formula is C20H21Cl2N5O2S. The molecule has 0 spiro atoms. The van der Waals surface area contributed by atoms with Gasteiger partial charge in [0, 0.05) is 33.9 Å². The molecule has 1 amide bonds. The van der Waals surface area contributed by atoms with Crippen molar-refractivity contribution in [1.82, 2.24) is 15.0 Å². The molecular weight excluding hydrogens is 445 g/mol. The highest BCUT2D eigenvalue weighted by Crippen LogP contribution is 2.35. The number of aromatic nitrogens is 3. The number of nitrogens with one attached hydrogen (secondary N) is 1. The van der Waals surface area contributed by atoms with Crippen LogP contribution in [0.1, 0.15) is 33.0 Å². The van der Waals surface area contributed by atoms with Gasteiger partial charge in [-0.1, -0.05) is 11.6 Å². The number of hydrogen-bond acceptors (Lipinski definition) is 7. The Bertz CT molecular complexity index is 1090. The van der Waals surface area contributed by atoms with Crippen LogP contribution < -0.4 is 15.8 Å². The molecule has 0 bridgehead atoms. The lowest BCUT2D eigenvalue weighted by molar-refractivity contribution is 0.102. The second-order valence-corrected chi connectivity index (χ2v) is 8.40. The highest BCUT2D eigenvalue weighted by Gasteiger charge is 2.23. The van der Waals surface area contributed by atoms with Gasteiger partial charge in [0.25, 0.3) is 5.91 Å². The zero-order valence-corrected chi connectivity index (χ0v) is 18.8. The number of thiazole rings is 1. The summed E-state index contributed by atoms with van der Waals surface area (Å²) in [7, 11) is 1.55. The minimum absolute atomic E-state index is 0. The van der Waals surface area contributed by atoms with E-state index in [2.05, 4.69) is 20.3 Å². The molecule has 0 aliphatic heterocycles. The molecule has 30 heavy (non-hydrogen) atoms. The Labute approximate surface area is 189 Å². The first-order valence-electron chi connectivity index (χ1n) is 9.16. The van der Waals surface area contributed by atoms with Crippen LogP contribution in [0.5, 0.6) is 5.75 Å². The third-order valence-corrected chi connectivity index (χ3v) is 6.07. The number of halogens is 2. The summed E-state index contributed by atoms with van der Waals surface area (Å²) in [6, 6.07) is 3.66. The van der Waals surface area contributed by atoms with Gasteiger partial charge >= 0.3 is 0 Å². The van der Waals surface area contributed by atoms with E-state index in [1.807, 2.05) is 13.0 Å². The van der Waals surface area contributed by atoms with E-state index in [-0.39, 0.29) is 24.4 Å². The number of ether oxygens (including phenoxy) is 1. The number of carbonyl (C=O) groups is 1. The number of nitrogens with two attached hydrogens (primary N) is 1. The van der Waals surface area contributed by atoms with Gasteiger partial charge in [-0.05, 0) is 38.3 Å². The Balaban J connectivity index is 0.00000256. The maximum atomic E-state index is 13.1. The molecule has 7 nitrogen and oxygen atoms in total. The summed E-state index contributed by atoms with van der Waals surface area (Å²) in [5.41, 5.74) is 9.58. The number of fused-ring (bicyclic) bond motifs is 1. The van der Waals surface area contributed by atoms with Crippen molar-refractivity contribution in [3.05, 3.63) is 51.5 Å². The molecule has 0 unspecified atom stereocenters. The number of hydrogen-bond donors (Lipinski definition) is 2. The first-order chi connectivity index (χ1) is 13.9. The number of pyridine rings is 2. The predicted molar refractivity (Wildman–Crippen MR) is 121 cm³/mol. The highest BCUT2D eigenvalue weighted by atomic mass is 35.5. The Kier molecular flexibility index (Phi) is 6.92. The summed E-state index contributed by atoms with van der Waals surface area (Å²) in [6.45, 7) is 1.86. The van der Waals surface area contributed by atoms with Crippen LogP contribution in [0, 0.1) is 6.92 Å². The van der Waals surface area contributed by atoms with Crippen LogP contribution in [0.4, 0.5) is 5.13 Å². The van der Waals surface area contributed by atoms with Crippen LogP contribution in [0.15, 0.2) is 24.5 Å². The summed E-state index contributed by atoms with van der Waals surface area (Å²) in [6.07, 6.45) is 5.64. The average Bonchev–Trinajstić information content (AvgIpc) is 3.09. The Hall–Kier alpha value is -2.26. The van der Waals surface area contributed by atoms with Gasteiger partial charge in [0.2, 0.25) is 0 Å². The van der Waals surface area contributed by atoms with Crippen molar-refractivity contribution in [3.63, 3.8) is 0 Å². The zero-order valence-electron chi connectivity index (χ0n) is 16.4. The zero-order chi connectivity index (χ0) is 20.5. The number of amides is 1. The minimum Gasteiger partial charge on any atom is -0.494 e. The molecule has 158 valence electrons. The van der Waals surface area contributed by atoms with E-state index in [0.29, 0.717) is 32.7 Å². The van der Waals surface area contributed by atoms with Gasteiger partial charge in [-0.25, -0.2) is 9.97 Å². The second kappa shape index (κ2) is 9.26. The standard InChI is InChI=1S/C20H20ClN5O2S.ClH/c1-10-5-12(13-7-18(21)24-9-16(13)28-2)14(8-23-10)19(27)26-20-25-15-4-3-11(22)6-17(15)29-20;/h5,7-9,11H,3-4,6,22H2,1-2H3,(H,25,26,27);1H/t11-;/m0./s1. The molecule has 3 aromatic rings. The van der Waals surface area contributed by atoms with Crippen molar-refractivity contribution < 1.29 is 9.53 Å². The van der Waals surface area contributed by atoms with Crippen molar-refractivity contribution in [3.8, 4) is 16.9 Å². The van der Waals surface area contributed by atoms with Gasteiger partial charge in [-0.3, -0.25) is 15.1 Å². The molecule has 0 fully saturated rings. The third-order valence-electron chi connectivity index (χ3n) is 4.83. The van der Waals surface area contributed by atoms with Gasteiger partial charge in [-0.15, -0.1) is 23.7 Å². The second-order valence-electron chi connectivity index (χ2n) is 6.92. The van der Waals surface area contributed by atoms with Gasteiger partial charge in [-0.2, -0.15) is 0 Å². The fourth-order valence-electron chi connectivity index (χ4n) is 3.37. The smallest absolute Gasteiger partial charge is 0.259 e. The molecule has 10 heteroatoms. The normalized spacial score (nSPS) is 15.1. The number of carbonyl (C=O) groups excluding carboxylic acids is 1. The summed E-state index contributed by atoms with van der Waals surface area (Å²) in [5.74, 6) is 0.227. The largest absolute Gasteiger partial charge is 0.494 e. The van der Waals surface area contributed by atoms with E-state index in [1.54, 1.807) is 19.4 Å². The third kappa shape index (κ3) is 4.57. The van der Waals surface area contributed by atoms with E-state index < -0.39 is 0 Å². The summed E-state index contributed by atoms with van der Waals surface area (Å²) in [4.78, 5) is 27.1. The van der Waals surface area contributed by atoms with Crippen molar-refractivity contribution in [2.24, 2.45) is 5.73 Å². The summed E-state index contributed by atoms with van der Waals surface area (Å²) >= 11 is 7.57. The van der Waals surface area contributed by atoms with E-state index >= 15 is 0 Å². The highest BCUT2D eigenvalue weighted by molar-refractivity contribution is 7.15. The van der Waals surface area contributed by atoms with Gasteiger partial charge in [0.1, 0.15) is 10.9 Å². The lowest BCUT2D eigenvalue weighted by Gasteiger charge is -2.15. The molecule has 3 aromatic heterocycles. The monoisotopic (exact) mass is 465 g/mol. The SMILES string of the molecule is COc1cnc(Cl)cc1-c1cc(C)ncc1C(=O)Nc1nc2c(s1)C[C@@H](N)CC2.Cl. The Morgan fingerprint density at radius 1 is 1.30 bits per heavy atom. The molecule has 0 radical (unpaired) electrons. The number of methoxy groups -OCH3 is 1. The Morgan fingerprint density at radius 2 is 2.10 bits per heavy atom. The van der Waals surface area contributed by atoms with Crippen LogP contribution >= 0.6 is 35.3 Å². The van der Waals surface area contributed by atoms with Crippen LogP contribution in [-0.2, 0) is 12.8 Å². The average molecular weight is 466 g/mol. The van der Waals surface area contributed by atoms with Crippen LogP contribution in [0.25, 0.3) is 11.1 Å². The quantitative estimate of drug-likeness (QED) is 0.563. The van der Waals surface area contributed by atoms with Gasteiger partial charge < -0.3 is 10.5 Å². The lowest BCUT2D eigenvalue weighted by Crippen LogP contribution is -2.27. The summed E-state index contributed by atoms with van der Waals surface area (Å²) < 4.78 is 5.42. The molecule has 1 aliphatic carbocycles. The van der Waals surface area contributed by atoms with E-state index in [1.165, 1.54) is 17.5 Å². The first-order valence-corrected chi connectivity index (χ1v) is 10.4. The Morgan fingerprint density at radius 3 is 2.87 bits per heavy atom. The number of rotatable bonds is 4.